The molecule has 3 rings (SSSR count). The van der Waals surface area contributed by atoms with Crippen LogP contribution in [0.1, 0.15) is 36.3 Å². The average molecular weight is 452 g/mol. The first-order valence-electron chi connectivity index (χ1n) is 8.47. The van der Waals surface area contributed by atoms with Crippen molar-refractivity contribution in [3.63, 3.8) is 0 Å². The van der Waals surface area contributed by atoms with E-state index in [1.165, 1.54) is 9.13 Å². The van der Waals surface area contributed by atoms with Crippen LogP contribution in [0.4, 0.5) is 0 Å². The van der Waals surface area contributed by atoms with Crippen molar-refractivity contribution in [2.75, 3.05) is 13.2 Å². The summed E-state index contributed by atoms with van der Waals surface area (Å²) in [4.78, 5) is 10.9. The van der Waals surface area contributed by atoms with Gasteiger partial charge in [0, 0.05) is 9.99 Å². The van der Waals surface area contributed by atoms with Gasteiger partial charge in [-0.1, -0.05) is 6.07 Å². The number of ether oxygens (including phenoxy) is 2. The Bertz CT molecular complexity index is 727. The van der Waals surface area contributed by atoms with Crippen molar-refractivity contribution >= 4 is 28.6 Å². The minimum Gasteiger partial charge on any atom is -0.493 e. The van der Waals surface area contributed by atoms with E-state index in [0.29, 0.717) is 13.2 Å². The zero-order chi connectivity index (χ0) is 17.6. The maximum Gasteiger partial charge on any atom is 0.303 e. The van der Waals surface area contributed by atoms with Crippen LogP contribution < -0.4 is 9.47 Å². The lowest BCUT2D eigenvalue weighted by molar-refractivity contribution is -0.137. The molecule has 0 aromatic heterocycles. The number of aliphatic carboxylic acids is 1. The normalized spacial score (nSPS) is 15.6. The molecule has 0 unspecified atom stereocenters. The van der Waals surface area contributed by atoms with Crippen molar-refractivity contribution in [3.8, 4) is 11.5 Å². The van der Waals surface area contributed by atoms with Crippen LogP contribution in [0.2, 0.25) is 0 Å². The van der Waals surface area contributed by atoms with Gasteiger partial charge in [-0.05, 0) is 88.9 Å². The fourth-order valence-corrected chi connectivity index (χ4v) is 3.52. The van der Waals surface area contributed by atoms with Crippen molar-refractivity contribution in [3.05, 3.63) is 57.2 Å². The number of hydrogen-bond acceptors (Lipinski definition) is 3. The summed E-state index contributed by atoms with van der Waals surface area (Å²) in [5, 5.41) is 8.98. The smallest absolute Gasteiger partial charge is 0.303 e. The highest BCUT2D eigenvalue weighted by Gasteiger charge is 2.24. The maximum atomic E-state index is 10.9. The molecular formula is C20H21IO4. The van der Waals surface area contributed by atoms with Crippen LogP contribution in [0.3, 0.4) is 0 Å². The fraction of sp³-hybridized carbons (Fsp3) is 0.350. The quantitative estimate of drug-likeness (QED) is 0.468. The van der Waals surface area contributed by atoms with Crippen LogP contribution in [0, 0.1) is 3.57 Å². The third kappa shape index (κ3) is 5.11. The molecule has 132 valence electrons. The number of rotatable bonds is 8. The first kappa shape index (κ1) is 18.0. The molecule has 0 saturated heterocycles. The number of benzene rings is 2. The molecule has 0 fully saturated rings. The molecule has 1 aliphatic carbocycles. The van der Waals surface area contributed by atoms with Crippen molar-refractivity contribution in [2.45, 2.75) is 31.6 Å². The van der Waals surface area contributed by atoms with Crippen molar-refractivity contribution < 1.29 is 19.4 Å². The molecule has 2 aromatic rings. The first-order chi connectivity index (χ1) is 12.1. The summed E-state index contributed by atoms with van der Waals surface area (Å²) in [6.45, 7) is 1.22. The molecule has 0 aliphatic heterocycles. The van der Waals surface area contributed by atoms with Crippen molar-refractivity contribution in [1.29, 1.82) is 0 Å². The van der Waals surface area contributed by atoms with Gasteiger partial charge in [0.2, 0.25) is 0 Å². The Morgan fingerprint density at radius 1 is 1.08 bits per heavy atom. The number of halogens is 1. The second kappa shape index (κ2) is 8.56. The molecular weight excluding hydrogens is 431 g/mol. The summed E-state index contributed by atoms with van der Waals surface area (Å²) in [6, 6.07) is 14.0. The Morgan fingerprint density at radius 2 is 1.76 bits per heavy atom. The second-order valence-electron chi connectivity index (χ2n) is 6.20. The third-order valence-corrected chi connectivity index (χ3v) is 5.10. The summed E-state index contributed by atoms with van der Waals surface area (Å²) in [5.74, 6) is 1.14. The Balaban J connectivity index is 1.43. The highest BCUT2D eigenvalue weighted by atomic mass is 127. The van der Waals surface area contributed by atoms with Gasteiger partial charge in [-0.15, -0.1) is 0 Å². The maximum absolute atomic E-state index is 10.9. The van der Waals surface area contributed by atoms with Gasteiger partial charge in [0.15, 0.2) is 0 Å². The molecule has 1 N–H and O–H groups in total. The lowest BCUT2D eigenvalue weighted by Gasteiger charge is -2.11. The molecule has 0 bridgehead atoms. The van der Waals surface area contributed by atoms with E-state index in [-0.39, 0.29) is 12.3 Å². The van der Waals surface area contributed by atoms with Gasteiger partial charge in [0.05, 0.1) is 19.6 Å². The Morgan fingerprint density at radius 3 is 2.48 bits per heavy atom. The van der Waals surface area contributed by atoms with E-state index in [1.807, 2.05) is 36.4 Å². The predicted octanol–water partition coefficient (Wildman–Crippen LogP) is 4.64. The topological polar surface area (TPSA) is 55.8 Å². The SMILES string of the molecule is O=C(O)C[C@@H]1CCc2cc(OCCCOc3ccc(I)cc3)ccc21. The standard InChI is InChI=1S/C20H21IO4/c21-16-4-6-17(7-5-16)24-10-1-11-25-18-8-9-19-14(12-18)2-3-15(19)13-20(22)23/h4-9,12,15H,1-3,10-11,13H2,(H,22,23)/t15-/m0/s1. The molecule has 1 aliphatic rings. The van der Waals surface area contributed by atoms with Gasteiger partial charge < -0.3 is 14.6 Å². The van der Waals surface area contributed by atoms with Gasteiger partial charge in [-0.25, -0.2) is 0 Å². The van der Waals surface area contributed by atoms with Crippen LogP contribution in [-0.2, 0) is 11.2 Å². The van der Waals surface area contributed by atoms with Gasteiger partial charge in [0.25, 0.3) is 0 Å². The Labute approximate surface area is 161 Å². The molecule has 25 heavy (non-hydrogen) atoms. The molecule has 0 saturated carbocycles. The largest absolute Gasteiger partial charge is 0.493 e. The number of fused-ring (bicyclic) bond motifs is 1. The van der Waals surface area contributed by atoms with E-state index < -0.39 is 5.97 Å². The van der Waals surface area contributed by atoms with Crippen LogP contribution in [0.15, 0.2) is 42.5 Å². The number of carboxylic acid groups (broad SMARTS) is 1. The van der Waals surface area contributed by atoms with Gasteiger partial charge in [-0.2, -0.15) is 0 Å². The van der Waals surface area contributed by atoms with Gasteiger partial charge in [-0.3, -0.25) is 4.79 Å². The Hall–Kier alpha value is -1.76. The van der Waals surface area contributed by atoms with Crippen LogP contribution in [-0.4, -0.2) is 24.3 Å². The van der Waals surface area contributed by atoms with Gasteiger partial charge >= 0.3 is 5.97 Å². The summed E-state index contributed by atoms with van der Waals surface area (Å²) in [6.07, 6.45) is 2.86. The number of aryl methyl sites for hydroxylation is 1. The van der Waals surface area contributed by atoms with Crippen LogP contribution in [0.5, 0.6) is 11.5 Å². The minimum atomic E-state index is -0.730. The highest BCUT2D eigenvalue weighted by Crippen LogP contribution is 2.37. The van der Waals surface area contributed by atoms with E-state index >= 15 is 0 Å². The molecule has 1 atom stereocenters. The number of carbonyl (C=O) groups is 1. The average Bonchev–Trinajstić information content (AvgIpc) is 2.98. The van der Waals surface area contributed by atoms with E-state index in [4.69, 9.17) is 14.6 Å². The second-order valence-corrected chi connectivity index (χ2v) is 7.44. The zero-order valence-corrected chi connectivity index (χ0v) is 16.1. The molecule has 0 amide bonds. The fourth-order valence-electron chi connectivity index (χ4n) is 3.16. The zero-order valence-electron chi connectivity index (χ0n) is 13.9. The molecule has 0 radical (unpaired) electrons. The number of carboxylic acids is 1. The molecule has 0 heterocycles. The molecule has 5 heteroatoms. The van der Waals surface area contributed by atoms with Crippen molar-refractivity contribution in [1.82, 2.24) is 0 Å². The lowest BCUT2D eigenvalue weighted by Crippen LogP contribution is -2.05. The number of hydrogen-bond donors (Lipinski definition) is 1. The summed E-state index contributed by atoms with van der Waals surface area (Å²) >= 11 is 2.27. The summed E-state index contributed by atoms with van der Waals surface area (Å²) < 4.78 is 12.7. The van der Waals surface area contributed by atoms with E-state index in [9.17, 15) is 4.79 Å². The van der Waals surface area contributed by atoms with Crippen LogP contribution in [0.25, 0.3) is 0 Å². The first-order valence-corrected chi connectivity index (χ1v) is 9.55. The summed E-state index contributed by atoms with van der Waals surface area (Å²) in [5.41, 5.74) is 2.38. The Kier molecular flexibility index (Phi) is 6.18. The predicted molar refractivity (Wildman–Crippen MR) is 105 cm³/mol. The third-order valence-electron chi connectivity index (χ3n) is 4.38. The molecule has 4 nitrogen and oxygen atoms in total. The monoisotopic (exact) mass is 452 g/mol. The highest BCUT2D eigenvalue weighted by molar-refractivity contribution is 14.1. The van der Waals surface area contributed by atoms with Crippen LogP contribution >= 0.6 is 22.6 Å². The van der Waals surface area contributed by atoms with E-state index in [2.05, 4.69) is 28.7 Å². The molecule has 2 aromatic carbocycles. The van der Waals surface area contributed by atoms with Crippen molar-refractivity contribution in [2.24, 2.45) is 0 Å². The van der Waals surface area contributed by atoms with E-state index in [0.717, 1.165) is 36.3 Å². The molecule has 0 spiro atoms. The van der Waals surface area contributed by atoms with E-state index in [1.54, 1.807) is 0 Å². The summed E-state index contributed by atoms with van der Waals surface area (Å²) in [7, 11) is 0. The lowest BCUT2D eigenvalue weighted by atomic mass is 9.98. The minimum absolute atomic E-state index is 0.142. The van der Waals surface area contributed by atoms with Gasteiger partial charge in [0.1, 0.15) is 11.5 Å².